The highest BCUT2D eigenvalue weighted by molar-refractivity contribution is 14.1. The lowest BCUT2D eigenvalue weighted by atomic mass is 10.3. The largest absolute Gasteiger partial charge is 0.383 e. The van der Waals surface area contributed by atoms with Crippen LogP contribution in [-0.2, 0) is 9.47 Å². The van der Waals surface area contributed by atoms with Crippen LogP contribution in [0.25, 0.3) is 0 Å². The molecule has 6 heteroatoms. The summed E-state index contributed by atoms with van der Waals surface area (Å²) in [4.78, 5) is 8.31. The van der Waals surface area contributed by atoms with Gasteiger partial charge in [0.1, 0.15) is 11.9 Å². The van der Waals surface area contributed by atoms with Crippen LogP contribution in [0.4, 0.5) is 5.82 Å². The number of nitrogens with zero attached hydrogens (tertiary/aromatic N) is 2. The summed E-state index contributed by atoms with van der Waals surface area (Å²) in [5.74, 6) is 1.09. The molecule has 1 aliphatic heterocycles. The lowest BCUT2D eigenvalue weighted by Gasteiger charge is -2.21. The third kappa shape index (κ3) is 2.12. The van der Waals surface area contributed by atoms with Crippen LogP contribution >= 0.6 is 22.6 Å². The van der Waals surface area contributed by atoms with Gasteiger partial charge in [-0.05, 0) is 22.6 Å². The number of anilines is 1. The first kappa shape index (κ1) is 10.1. The Morgan fingerprint density at radius 3 is 3.00 bits per heavy atom. The van der Waals surface area contributed by atoms with Crippen LogP contribution in [0, 0.1) is 3.57 Å². The molecule has 76 valence electrons. The van der Waals surface area contributed by atoms with E-state index in [2.05, 4.69) is 32.6 Å². The van der Waals surface area contributed by atoms with Gasteiger partial charge in [0.05, 0.1) is 23.4 Å². The van der Waals surface area contributed by atoms with E-state index in [0.717, 1.165) is 3.57 Å². The molecular formula is C8H10IN3O2. The highest BCUT2D eigenvalue weighted by atomic mass is 127. The van der Waals surface area contributed by atoms with Crippen LogP contribution < -0.4 is 5.73 Å². The summed E-state index contributed by atoms with van der Waals surface area (Å²) in [7, 11) is 0. The molecule has 0 spiro atoms. The summed E-state index contributed by atoms with van der Waals surface area (Å²) in [6.07, 6.45) is 1.51. The number of halogens is 1. The first-order valence-electron chi connectivity index (χ1n) is 4.24. The van der Waals surface area contributed by atoms with Crippen molar-refractivity contribution in [3.05, 3.63) is 15.6 Å². The Kier molecular flexibility index (Phi) is 3.14. The van der Waals surface area contributed by atoms with E-state index in [1.54, 1.807) is 6.20 Å². The van der Waals surface area contributed by atoms with Gasteiger partial charge < -0.3 is 15.2 Å². The molecule has 5 nitrogen and oxygen atoms in total. The maximum absolute atomic E-state index is 5.67. The van der Waals surface area contributed by atoms with Crippen molar-refractivity contribution in [3.63, 3.8) is 0 Å². The molecule has 14 heavy (non-hydrogen) atoms. The first-order chi connectivity index (χ1) is 6.77. The number of hydrogen-bond acceptors (Lipinski definition) is 5. The van der Waals surface area contributed by atoms with E-state index in [4.69, 9.17) is 15.2 Å². The van der Waals surface area contributed by atoms with Crippen molar-refractivity contribution in [3.8, 4) is 0 Å². The average Bonchev–Trinajstić information content (AvgIpc) is 2.23. The highest BCUT2D eigenvalue weighted by Gasteiger charge is 2.19. The smallest absolute Gasteiger partial charge is 0.161 e. The zero-order valence-corrected chi connectivity index (χ0v) is 9.60. The van der Waals surface area contributed by atoms with Gasteiger partial charge in [0.25, 0.3) is 0 Å². The van der Waals surface area contributed by atoms with Crippen LogP contribution in [0.3, 0.4) is 0 Å². The average molecular weight is 307 g/mol. The second-order valence-electron chi connectivity index (χ2n) is 2.90. The van der Waals surface area contributed by atoms with E-state index in [1.807, 2.05) is 0 Å². The van der Waals surface area contributed by atoms with Gasteiger partial charge in [0.2, 0.25) is 0 Å². The molecule has 1 aromatic rings. The SMILES string of the molecule is Nc1nc(C2COCCO2)ncc1I. The van der Waals surface area contributed by atoms with E-state index in [1.165, 1.54) is 0 Å². The van der Waals surface area contributed by atoms with Crippen LogP contribution in [0.5, 0.6) is 0 Å². The lowest BCUT2D eigenvalue weighted by Crippen LogP contribution is -2.24. The van der Waals surface area contributed by atoms with Crippen molar-refractivity contribution in [2.45, 2.75) is 6.10 Å². The standard InChI is InChI=1S/C8H10IN3O2/c9-5-3-11-8(12-7(5)10)6-4-13-1-2-14-6/h3,6H,1-2,4H2,(H2,10,11,12). The molecule has 2 heterocycles. The molecular weight excluding hydrogens is 297 g/mol. The predicted molar refractivity (Wildman–Crippen MR) is 58.7 cm³/mol. The van der Waals surface area contributed by atoms with Gasteiger partial charge in [-0.15, -0.1) is 0 Å². The van der Waals surface area contributed by atoms with Crippen molar-refractivity contribution in [2.24, 2.45) is 0 Å². The van der Waals surface area contributed by atoms with Gasteiger partial charge in [-0.3, -0.25) is 0 Å². The monoisotopic (exact) mass is 307 g/mol. The van der Waals surface area contributed by atoms with Crippen molar-refractivity contribution >= 4 is 28.4 Å². The number of rotatable bonds is 1. The predicted octanol–water partition coefficient (Wildman–Crippen LogP) is 0.751. The Bertz CT molecular complexity index is 328. The minimum atomic E-state index is -0.178. The maximum atomic E-state index is 5.67. The molecule has 1 saturated heterocycles. The Hall–Kier alpha value is -0.470. The fraction of sp³-hybridized carbons (Fsp3) is 0.500. The summed E-state index contributed by atoms with van der Waals surface area (Å²) in [5.41, 5.74) is 5.67. The molecule has 0 aromatic carbocycles. The van der Waals surface area contributed by atoms with E-state index < -0.39 is 0 Å². The molecule has 0 amide bonds. The van der Waals surface area contributed by atoms with Gasteiger partial charge in [-0.25, -0.2) is 9.97 Å². The molecule has 0 radical (unpaired) electrons. The van der Waals surface area contributed by atoms with Crippen LogP contribution in [0.1, 0.15) is 11.9 Å². The molecule has 1 fully saturated rings. The van der Waals surface area contributed by atoms with Crippen LogP contribution in [0.15, 0.2) is 6.20 Å². The van der Waals surface area contributed by atoms with E-state index in [9.17, 15) is 0 Å². The zero-order valence-electron chi connectivity index (χ0n) is 7.44. The summed E-state index contributed by atoms with van der Waals surface area (Å²) < 4.78 is 11.6. The van der Waals surface area contributed by atoms with E-state index in [0.29, 0.717) is 31.5 Å². The van der Waals surface area contributed by atoms with E-state index in [-0.39, 0.29) is 6.10 Å². The molecule has 2 rings (SSSR count). The number of nitrogens with two attached hydrogens (primary N) is 1. The zero-order chi connectivity index (χ0) is 9.97. The Labute approximate surface area is 95.2 Å². The van der Waals surface area contributed by atoms with Gasteiger partial charge in [0, 0.05) is 6.20 Å². The third-order valence-corrected chi connectivity index (χ3v) is 2.72. The summed E-state index contributed by atoms with van der Waals surface area (Å²) in [5, 5.41) is 0. The molecule has 0 aliphatic carbocycles. The number of ether oxygens (including phenoxy) is 2. The molecule has 0 saturated carbocycles. The number of hydrogen-bond donors (Lipinski definition) is 1. The van der Waals surface area contributed by atoms with Crippen molar-refractivity contribution in [1.82, 2.24) is 9.97 Å². The Balaban J connectivity index is 2.18. The van der Waals surface area contributed by atoms with E-state index >= 15 is 0 Å². The summed E-state index contributed by atoms with van der Waals surface area (Å²) in [6.45, 7) is 1.72. The quantitative estimate of drug-likeness (QED) is 0.775. The van der Waals surface area contributed by atoms with Gasteiger partial charge in [-0.1, -0.05) is 0 Å². The fourth-order valence-electron chi connectivity index (χ4n) is 1.19. The minimum Gasteiger partial charge on any atom is -0.383 e. The van der Waals surface area contributed by atoms with Crippen molar-refractivity contribution < 1.29 is 9.47 Å². The molecule has 1 atom stereocenters. The van der Waals surface area contributed by atoms with Gasteiger partial charge >= 0.3 is 0 Å². The lowest BCUT2D eigenvalue weighted by molar-refractivity contribution is -0.0934. The van der Waals surface area contributed by atoms with Crippen molar-refractivity contribution in [2.75, 3.05) is 25.6 Å². The molecule has 1 aromatic heterocycles. The summed E-state index contributed by atoms with van der Waals surface area (Å²) >= 11 is 2.09. The van der Waals surface area contributed by atoms with Gasteiger partial charge in [0.15, 0.2) is 5.82 Å². The second kappa shape index (κ2) is 4.37. The molecule has 1 aliphatic rings. The number of aromatic nitrogens is 2. The minimum absolute atomic E-state index is 0.178. The van der Waals surface area contributed by atoms with Gasteiger partial charge in [-0.2, -0.15) is 0 Å². The van der Waals surface area contributed by atoms with Crippen molar-refractivity contribution in [1.29, 1.82) is 0 Å². The van der Waals surface area contributed by atoms with Crippen LogP contribution in [0.2, 0.25) is 0 Å². The Morgan fingerprint density at radius 2 is 2.36 bits per heavy atom. The maximum Gasteiger partial charge on any atom is 0.161 e. The fourth-order valence-corrected chi connectivity index (χ4v) is 1.45. The summed E-state index contributed by atoms with van der Waals surface area (Å²) in [6, 6.07) is 0. The third-order valence-electron chi connectivity index (χ3n) is 1.89. The molecule has 0 bridgehead atoms. The van der Waals surface area contributed by atoms with Crippen LogP contribution in [-0.4, -0.2) is 29.8 Å². The highest BCUT2D eigenvalue weighted by Crippen LogP contribution is 2.19. The molecule has 2 N–H and O–H groups in total. The first-order valence-corrected chi connectivity index (χ1v) is 5.32. The Morgan fingerprint density at radius 1 is 1.50 bits per heavy atom. The topological polar surface area (TPSA) is 70.3 Å². The molecule has 1 unspecified atom stereocenters. The second-order valence-corrected chi connectivity index (χ2v) is 4.06. The number of nitrogen functional groups attached to an aromatic ring is 1. The normalized spacial score (nSPS) is 22.2.